The summed E-state index contributed by atoms with van der Waals surface area (Å²) >= 11 is 1.95. The normalized spacial score (nSPS) is 11.4. The molecule has 0 saturated carbocycles. The van der Waals surface area contributed by atoms with Gasteiger partial charge >= 0.3 is 0 Å². The number of hydrogen-bond donors (Lipinski definition) is 1. The third kappa shape index (κ3) is 5.57. The highest BCUT2D eigenvalue weighted by Crippen LogP contribution is 2.21. The van der Waals surface area contributed by atoms with E-state index in [2.05, 4.69) is 57.3 Å². The van der Waals surface area contributed by atoms with E-state index in [0.717, 1.165) is 12.5 Å². The number of nitrogens with one attached hydrogen (secondary N) is 1. The number of thioether (sulfide) groups is 1. The minimum absolute atomic E-state index is 0.548. The van der Waals surface area contributed by atoms with Crippen LogP contribution in [0.2, 0.25) is 0 Å². The van der Waals surface area contributed by atoms with E-state index in [-0.39, 0.29) is 0 Å². The molecule has 0 saturated heterocycles. The fourth-order valence-electron chi connectivity index (χ4n) is 1.33. The lowest BCUT2D eigenvalue weighted by Gasteiger charge is -2.10. The summed E-state index contributed by atoms with van der Waals surface area (Å²) in [7, 11) is 0. The molecule has 0 fully saturated rings. The standard InChI is InChI=1S/C14H23NS/c1-11(2)10-16-14-7-5-6-13(8-14)9-15-12(3)4/h5-8,11-12,15H,9-10H2,1-4H3. The molecular weight excluding hydrogens is 214 g/mol. The SMILES string of the molecule is CC(C)CSc1cccc(CNC(C)C)c1. The van der Waals surface area contributed by atoms with Crippen LogP contribution in [0, 0.1) is 5.92 Å². The predicted octanol–water partition coefficient (Wildman–Crippen LogP) is 3.93. The van der Waals surface area contributed by atoms with Crippen molar-refractivity contribution in [3.63, 3.8) is 0 Å². The maximum absolute atomic E-state index is 3.44. The quantitative estimate of drug-likeness (QED) is 0.752. The van der Waals surface area contributed by atoms with Gasteiger partial charge in [-0.15, -0.1) is 11.8 Å². The molecule has 1 aromatic rings. The molecule has 90 valence electrons. The summed E-state index contributed by atoms with van der Waals surface area (Å²) in [5.41, 5.74) is 1.38. The van der Waals surface area contributed by atoms with Gasteiger partial charge in [-0.2, -0.15) is 0 Å². The Hall–Kier alpha value is -0.470. The first-order valence-electron chi connectivity index (χ1n) is 6.03. The van der Waals surface area contributed by atoms with Crippen molar-refractivity contribution in [2.75, 3.05) is 5.75 Å². The first kappa shape index (κ1) is 13.6. The summed E-state index contributed by atoms with van der Waals surface area (Å²) in [4.78, 5) is 1.39. The van der Waals surface area contributed by atoms with Crippen molar-refractivity contribution in [1.29, 1.82) is 0 Å². The molecule has 0 bridgehead atoms. The monoisotopic (exact) mass is 237 g/mol. The average molecular weight is 237 g/mol. The molecule has 0 aliphatic carbocycles. The van der Waals surface area contributed by atoms with Crippen molar-refractivity contribution < 1.29 is 0 Å². The molecule has 16 heavy (non-hydrogen) atoms. The van der Waals surface area contributed by atoms with E-state index in [1.807, 2.05) is 11.8 Å². The van der Waals surface area contributed by atoms with Gasteiger partial charge in [0.15, 0.2) is 0 Å². The van der Waals surface area contributed by atoms with Gasteiger partial charge in [0.2, 0.25) is 0 Å². The van der Waals surface area contributed by atoms with Gasteiger partial charge in [-0.05, 0) is 23.6 Å². The van der Waals surface area contributed by atoms with Gasteiger partial charge in [0.1, 0.15) is 0 Å². The van der Waals surface area contributed by atoms with E-state index < -0.39 is 0 Å². The largest absolute Gasteiger partial charge is 0.310 e. The van der Waals surface area contributed by atoms with Gasteiger partial charge in [-0.1, -0.05) is 39.8 Å². The number of hydrogen-bond acceptors (Lipinski definition) is 2. The van der Waals surface area contributed by atoms with Crippen LogP contribution in [0.5, 0.6) is 0 Å². The first-order valence-corrected chi connectivity index (χ1v) is 7.01. The molecule has 0 aromatic heterocycles. The molecule has 1 nitrogen and oxygen atoms in total. The zero-order chi connectivity index (χ0) is 12.0. The zero-order valence-electron chi connectivity index (χ0n) is 10.8. The van der Waals surface area contributed by atoms with Crippen LogP contribution in [0.25, 0.3) is 0 Å². The molecule has 0 amide bonds. The minimum Gasteiger partial charge on any atom is -0.310 e. The predicted molar refractivity (Wildman–Crippen MR) is 74.0 cm³/mol. The van der Waals surface area contributed by atoms with Crippen molar-refractivity contribution in [2.45, 2.75) is 45.2 Å². The Morgan fingerprint density at radius 3 is 2.56 bits per heavy atom. The van der Waals surface area contributed by atoms with Gasteiger partial charge < -0.3 is 5.32 Å². The Balaban J connectivity index is 2.50. The van der Waals surface area contributed by atoms with Crippen LogP contribution < -0.4 is 5.32 Å². The van der Waals surface area contributed by atoms with E-state index in [9.17, 15) is 0 Å². The Bertz CT molecular complexity index is 280. The lowest BCUT2D eigenvalue weighted by Crippen LogP contribution is -2.21. The first-order chi connectivity index (χ1) is 7.58. The van der Waals surface area contributed by atoms with E-state index >= 15 is 0 Å². The van der Waals surface area contributed by atoms with Gasteiger partial charge in [0, 0.05) is 23.2 Å². The second-order valence-corrected chi connectivity index (χ2v) is 5.98. The summed E-state index contributed by atoms with van der Waals surface area (Å²) in [6.07, 6.45) is 0. The average Bonchev–Trinajstić information content (AvgIpc) is 2.24. The molecule has 2 heteroatoms. The van der Waals surface area contributed by atoms with Crippen LogP contribution in [0.1, 0.15) is 33.3 Å². The molecule has 1 rings (SSSR count). The Kier molecular flexibility index (Phi) is 5.93. The molecule has 0 unspecified atom stereocenters. The zero-order valence-corrected chi connectivity index (χ0v) is 11.6. The second-order valence-electron chi connectivity index (χ2n) is 4.89. The van der Waals surface area contributed by atoms with Gasteiger partial charge in [0.25, 0.3) is 0 Å². The third-order valence-corrected chi connectivity index (χ3v) is 3.62. The highest BCUT2D eigenvalue weighted by Gasteiger charge is 2.00. The van der Waals surface area contributed by atoms with Crippen LogP contribution >= 0.6 is 11.8 Å². The summed E-state index contributed by atoms with van der Waals surface area (Å²) < 4.78 is 0. The fourth-order valence-corrected chi connectivity index (χ4v) is 2.27. The van der Waals surface area contributed by atoms with E-state index in [4.69, 9.17) is 0 Å². The molecule has 0 spiro atoms. The van der Waals surface area contributed by atoms with E-state index in [1.165, 1.54) is 16.2 Å². The van der Waals surface area contributed by atoms with Crippen LogP contribution in [0.3, 0.4) is 0 Å². The van der Waals surface area contributed by atoms with Crippen LogP contribution in [0.4, 0.5) is 0 Å². The van der Waals surface area contributed by atoms with Gasteiger partial charge in [0.05, 0.1) is 0 Å². The maximum atomic E-state index is 3.44. The highest BCUT2D eigenvalue weighted by molar-refractivity contribution is 7.99. The number of rotatable bonds is 6. The van der Waals surface area contributed by atoms with Crippen LogP contribution in [-0.2, 0) is 6.54 Å². The molecule has 1 aromatic carbocycles. The second kappa shape index (κ2) is 6.97. The molecule has 0 radical (unpaired) electrons. The Morgan fingerprint density at radius 2 is 1.94 bits per heavy atom. The molecule has 0 aliphatic rings. The highest BCUT2D eigenvalue weighted by atomic mass is 32.2. The topological polar surface area (TPSA) is 12.0 Å². The summed E-state index contributed by atoms with van der Waals surface area (Å²) in [5, 5.41) is 3.44. The van der Waals surface area contributed by atoms with E-state index in [1.54, 1.807) is 0 Å². The van der Waals surface area contributed by atoms with Crippen LogP contribution in [-0.4, -0.2) is 11.8 Å². The van der Waals surface area contributed by atoms with Crippen molar-refractivity contribution >= 4 is 11.8 Å². The van der Waals surface area contributed by atoms with Crippen molar-refractivity contribution in [3.05, 3.63) is 29.8 Å². The van der Waals surface area contributed by atoms with E-state index in [0.29, 0.717) is 6.04 Å². The van der Waals surface area contributed by atoms with Gasteiger partial charge in [-0.3, -0.25) is 0 Å². The molecule has 0 aliphatic heterocycles. The van der Waals surface area contributed by atoms with Crippen LogP contribution in [0.15, 0.2) is 29.2 Å². The smallest absolute Gasteiger partial charge is 0.0208 e. The van der Waals surface area contributed by atoms with Crippen molar-refractivity contribution in [1.82, 2.24) is 5.32 Å². The lowest BCUT2D eigenvalue weighted by atomic mass is 10.2. The molecule has 0 atom stereocenters. The molecule has 1 N–H and O–H groups in total. The number of benzene rings is 1. The Labute approximate surface area is 104 Å². The molecule has 0 heterocycles. The van der Waals surface area contributed by atoms with Gasteiger partial charge in [-0.25, -0.2) is 0 Å². The third-order valence-electron chi connectivity index (χ3n) is 2.20. The lowest BCUT2D eigenvalue weighted by molar-refractivity contribution is 0.588. The minimum atomic E-state index is 0.548. The van der Waals surface area contributed by atoms with Crippen molar-refractivity contribution in [2.24, 2.45) is 5.92 Å². The Morgan fingerprint density at radius 1 is 1.19 bits per heavy atom. The van der Waals surface area contributed by atoms with Crippen molar-refractivity contribution in [3.8, 4) is 0 Å². The summed E-state index contributed by atoms with van der Waals surface area (Å²) in [6.45, 7) is 9.84. The summed E-state index contributed by atoms with van der Waals surface area (Å²) in [5.74, 6) is 1.95. The summed E-state index contributed by atoms with van der Waals surface area (Å²) in [6, 6.07) is 9.38. The fraction of sp³-hybridized carbons (Fsp3) is 0.571. The molecular formula is C14H23NS. The maximum Gasteiger partial charge on any atom is 0.0208 e.